The molecule has 4 nitrogen and oxygen atoms in total. The SMILES string of the molecule is COc1ccc(C2CCC(CC(=O)O)C2)cc1OC. The lowest BCUT2D eigenvalue weighted by molar-refractivity contribution is -0.138. The Morgan fingerprint density at radius 1 is 1.26 bits per heavy atom. The van der Waals surface area contributed by atoms with E-state index in [-0.39, 0.29) is 6.42 Å². The number of ether oxygens (including phenoxy) is 2. The second-order valence-corrected chi connectivity index (χ2v) is 5.09. The van der Waals surface area contributed by atoms with Gasteiger partial charge in [0.05, 0.1) is 14.2 Å². The third-order valence-corrected chi connectivity index (χ3v) is 3.88. The van der Waals surface area contributed by atoms with Gasteiger partial charge in [-0.3, -0.25) is 4.79 Å². The molecule has 0 aliphatic heterocycles. The number of hydrogen-bond acceptors (Lipinski definition) is 3. The van der Waals surface area contributed by atoms with Gasteiger partial charge in [-0.2, -0.15) is 0 Å². The Kier molecular flexibility index (Phi) is 4.30. The lowest BCUT2D eigenvalue weighted by Crippen LogP contribution is -2.04. The molecule has 0 saturated heterocycles. The molecule has 2 unspecified atom stereocenters. The average Bonchev–Trinajstić information content (AvgIpc) is 2.85. The van der Waals surface area contributed by atoms with Gasteiger partial charge in [-0.25, -0.2) is 0 Å². The third kappa shape index (κ3) is 3.19. The van der Waals surface area contributed by atoms with Crippen LogP contribution in [0.15, 0.2) is 18.2 Å². The molecule has 1 aromatic carbocycles. The van der Waals surface area contributed by atoms with Gasteiger partial charge in [0.25, 0.3) is 0 Å². The highest BCUT2D eigenvalue weighted by Gasteiger charge is 2.27. The van der Waals surface area contributed by atoms with Crippen LogP contribution in [0.1, 0.15) is 37.2 Å². The van der Waals surface area contributed by atoms with Crippen LogP contribution in [0.3, 0.4) is 0 Å². The van der Waals surface area contributed by atoms with E-state index in [1.54, 1.807) is 14.2 Å². The van der Waals surface area contributed by atoms with Crippen LogP contribution in [0.5, 0.6) is 11.5 Å². The molecule has 1 saturated carbocycles. The molecular weight excluding hydrogens is 244 g/mol. The van der Waals surface area contributed by atoms with Crippen LogP contribution in [0.2, 0.25) is 0 Å². The molecule has 19 heavy (non-hydrogen) atoms. The monoisotopic (exact) mass is 264 g/mol. The lowest BCUT2D eigenvalue weighted by Gasteiger charge is -2.14. The van der Waals surface area contributed by atoms with Gasteiger partial charge in [0.15, 0.2) is 11.5 Å². The quantitative estimate of drug-likeness (QED) is 0.888. The summed E-state index contributed by atoms with van der Waals surface area (Å²) in [5, 5.41) is 8.84. The number of aliphatic carboxylic acids is 1. The summed E-state index contributed by atoms with van der Waals surface area (Å²) < 4.78 is 10.5. The van der Waals surface area contributed by atoms with E-state index < -0.39 is 5.97 Å². The molecule has 1 fully saturated rings. The molecule has 0 aromatic heterocycles. The summed E-state index contributed by atoms with van der Waals surface area (Å²) in [5.41, 5.74) is 1.21. The van der Waals surface area contributed by atoms with Crippen LogP contribution in [-0.4, -0.2) is 25.3 Å². The number of rotatable bonds is 5. The van der Waals surface area contributed by atoms with Crippen molar-refractivity contribution < 1.29 is 19.4 Å². The van der Waals surface area contributed by atoms with E-state index in [1.807, 2.05) is 12.1 Å². The highest BCUT2D eigenvalue weighted by Crippen LogP contribution is 2.42. The molecule has 1 N–H and O–H groups in total. The van der Waals surface area contributed by atoms with Crippen LogP contribution in [0.25, 0.3) is 0 Å². The second-order valence-electron chi connectivity index (χ2n) is 5.09. The van der Waals surface area contributed by atoms with Crippen molar-refractivity contribution in [2.45, 2.75) is 31.6 Å². The minimum atomic E-state index is -0.696. The first kappa shape index (κ1) is 13.7. The van der Waals surface area contributed by atoms with Crippen molar-refractivity contribution in [2.75, 3.05) is 14.2 Å². The minimum Gasteiger partial charge on any atom is -0.493 e. The summed E-state index contributed by atoms with van der Waals surface area (Å²) in [6.07, 6.45) is 3.27. The van der Waals surface area contributed by atoms with Crippen LogP contribution in [0, 0.1) is 5.92 Å². The van der Waals surface area contributed by atoms with E-state index in [9.17, 15) is 4.79 Å². The normalized spacial score (nSPS) is 22.2. The fourth-order valence-electron chi connectivity index (χ4n) is 2.92. The predicted octanol–water partition coefficient (Wildman–Crippen LogP) is 3.06. The largest absolute Gasteiger partial charge is 0.493 e. The van der Waals surface area contributed by atoms with E-state index in [0.29, 0.717) is 11.8 Å². The van der Waals surface area contributed by atoms with Crippen molar-refractivity contribution in [1.82, 2.24) is 0 Å². The van der Waals surface area contributed by atoms with Crippen molar-refractivity contribution in [1.29, 1.82) is 0 Å². The molecule has 1 aliphatic carbocycles. The molecule has 0 bridgehead atoms. The van der Waals surface area contributed by atoms with E-state index in [4.69, 9.17) is 14.6 Å². The van der Waals surface area contributed by atoms with Crippen LogP contribution >= 0.6 is 0 Å². The second kappa shape index (κ2) is 5.95. The van der Waals surface area contributed by atoms with Crippen molar-refractivity contribution in [3.63, 3.8) is 0 Å². The van der Waals surface area contributed by atoms with E-state index in [1.165, 1.54) is 5.56 Å². The molecule has 2 rings (SSSR count). The summed E-state index contributed by atoms with van der Waals surface area (Å²) in [6, 6.07) is 5.97. The molecule has 1 aromatic rings. The zero-order chi connectivity index (χ0) is 13.8. The zero-order valence-electron chi connectivity index (χ0n) is 11.4. The first-order valence-electron chi connectivity index (χ1n) is 6.57. The molecular formula is C15H20O4. The lowest BCUT2D eigenvalue weighted by atomic mass is 9.95. The van der Waals surface area contributed by atoms with Gasteiger partial charge in [0, 0.05) is 6.42 Å². The van der Waals surface area contributed by atoms with Gasteiger partial charge < -0.3 is 14.6 Å². The van der Waals surface area contributed by atoms with Gasteiger partial charge in [-0.05, 0) is 48.8 Å². The van der Waals surface area contributed by atoms with Gasteiger partial charge >= 0.3 is 5.97 Å². The average molecular weight is 264 g/mol. The van der Waals surface area contributed by atoms with Crippen molar-refractivity contribution in [2.24, 2.45) is 5.92 Å². The Labute approximate surface area is 113 Å². The van der Waals surface area contributed by atoms with Crippen molar-refractivity contribution in [3.8, 4) is 11.5 Å². The first-order valence-corrected chi connectivity index (χ1v) is 6.57. The zero-order valence-corrected chi connectivity index (χ0v) is 11.4. The van der Waals surface area contributed by atoms with E-state index in [2.05, 4.69) is 6.07 Å². The van der Waals surface area contributed by atoms with Gasteiger partial charge in [0.2, 0.25) is 0 Å². The van der Waals surface area contributed by atoms with Gasteiger partial charge in [0.1, 0.15) is 0 Å². The number of methoxy groups -OCH3 is 2. The molecule has 2 atom stereocenters. The molecule has 0 spiro atoms. The third-order valence-electron chi connectivity index (χ3n) is 3.88. The Balaban J connectivity index is 2.09. The number of carboxylic acid groups (broad SMARTS) is 1. The maximum absolute atomic E-state index is 10.7. The molecule has 1 aliphatic rings. The fourth-order valence-corrected chi connectivity index (χ4v) is 2.92. The van der Waals surface area contributed by atoms with E-state index in [0.717, 1.165) is 30.8 Å². The minimum absolute atomic E-state index is 0.282. The van der Waals surface area contributed by atoms with Crippen LogP contribution in [0.4, 0.5) is 0 Å². The number of carbonyl (C=O) groups is 1. The van der Waals surface area contributed by atoms with Crippen molar-refractivity contribution in [3.05, 3.63) is 23.8 Å². The standard InChI is InChI=1S/C15H20O4/c1-18-13-6-5-12(9-14(13)19-2)11-4-3-10(7-11)8-15(16)17/h5-6,9-11H,3-4,7-8H2,1-2H3,(H,16,17). The summed E-state index contributed by atoms with van der Waals surface area (Å²) in [7, 11) is 3.25. The highest BCUT2D eigenvalue weighted by atomic mass is 16.5. The number of benzene rings is 1. The van der Waals surface area contributed by atoms with Gasteiger partial charge in [-0.1, -0.05) is 6.07 Å². The Bertz CT molecular complexity index is 455. The molecule has 0 heterocycles. The fraction of sp³-hybridized carbons (Fsp3) is 0.533. The smallest absolute Gasteiger partial charge is 0.303 e. The Morgan fingerprint density at radius 3 is 2.63 bits per heavy atom. The van der Waals surface area contributed by atoms with E-state index >= 15 is 0 Å². The van der Waals surface area contributed by atoms with Crippen LogP contribution < -0.4 is 9.47 Å². The van der Waals surface area contributed by atoms with Crippen LogP contribution in [-0.2, 0) is 4.79 Å². The number of carboxylic acids is 1. The summed E-state index contributed by atoms with van der Waals surface area (Å²) >= 11 is 0. The number of hydrogen-bond donors (Lipinski definition) is 1. The molecule has 4 heteroatoms. The Morgan fingerprint density at radius 2 is 2.00 bits per heavy atom. The summed E-state index contributed by atoms with van der Waals surface area (Å²) in [4.78, 5) is 10.7. The predicted molar refractivity (Wildman–Crippen MR) is 71.9 cm³/mol. The molecule has 104 valence electrons. The summed E-state index contributed by atoms with van der Waals surface area (Å²) in [6.45, 7) is 0. The first-order chi connectivity index (χ1) is 9.13. The maximum Gasteiger partial charge on any atom is 0.303 e. The van der Waals surface area contributed by atoms with Gasteiger partial charge in [-0.15, -0.1) is 0 Å². The Hall–Kier alpha value is -1.71. The highest BCUT2D eigenvalue weighted by molar-refractivity contribution is 5.67. The topological polar surface area (TPSA) is 55.8 Å². The molecule has 0 amide bonds. The maximum atomic E-state index is 10.7. The summed E-state index contributed by atoms with van der Waals surface area (Å²) in [5.74, 6) is 1.51. The van der Waals surface area contributed by atoms with Crippen molar-refractivity contribution >= 4 is 5.97 Å². The molecule has 0 radical (unpaired) electrons.